The highest BCUT2D eigenvalue weighted by Crippen LogP contribution is 2.47. The molecular weight excluding hydrogens is 228 g/mol. The van der Waals surface area contributed by atoms with Crippen molar-refractivity contribution < 1.29 is 4.79 Å². The lowest BCUT2D eigenvalue weighted by Crippen LogP contribution is -2.15. The predicted molar refractivity (Wildman–Crippen MR) is 65.7 cm³/mol. The van der Waals surface area contributed by atoms with Crippen LogP contribution in [0.4, 0.5) is 5.82 Å². The van der Waals surface area contributed by atoms with Crippen LogP contribution in [-0.2, 0) is 4.79 Å². The number of nitrogens with zero attached hydrogens (tertiary/aromatic N) is 3. The molecule has 1 N–H and O–H groups in total. The number of anilines is 1. The van der Waals surface area contributed by atoms with E-state index in [4.69, 9.17) is 0 Å². The summed E-state index contributed by atoms with van der Waals surface area (Å²) in [7, 11) is 0. The largest absolute Gasteiger partial charge is 0.309 e. The van der Waals surface area contributed by atoms with Gasteiger partial charge in [-0.05, 0) is 24.0 Å². The van der Waals surface area contributed by atoms with Crippen molar-refractivity contribution in [1.29, 1.82) is 0 Å². The molecule has 2 aromatic rings. The molecule has 0 saturated heterocycles. The molecule has 2 atom stereocenters. The lowest BCUT2D eigenvalue weighted by atomic mass is 10.1. The molecule has 3 rings (SSSR count). The van der Waals surface area contributed by atoms with Crippen LogP contribution in [0.1, 0.15) is 17.9 Å². The molecule has 1 fully saturated rings. The average molecular weight is 240 g/mol. The number of hydrogen-bond acceptors (Lipinski definition) is 4. The third-order valence-corrected chi connectivity index (χ3v) is 3.05. The van der Waals surface area contributed by atoms with Crippen LogP contribution in [0.5, 0.6) is 0 Å². The first-order valence-electron chi connectivity index (χ1n) is 5.81. The lowest BCUT2D eigenvalue weighted by molar-refractivity contribution is -0.117. The topological polar surface area (TPSA) is 67.8 Å². The van der Waals surface area contributed by atoms with Crippen LogP contribution in [0, 0.1) is 5.92 Å². The van der Waals surface area contributed by atoms with Gasteiger partial charge in [0, 0.05) is 30.7 Å². The first-order chi connectivity index (χ1) is 8.84. The van der Waals surface area contributed by atoms with Crippen molar-refractivity contribution in [2.24, 2.45) is 5.92 Å². The molecule has 0 aliphatic heterocycles. The van der Waals surface area contributed by atoms with Gasteiger partial charge < -0.3 is 5.32 Å². The zero-order valence-corrected chi connectivity index (χ0v) is 9.65. The third-order valence-electron chi connectivity index (χ3n) is 3.05. The Morgan fingerprint density at radius 3 is 2.83 bits per heavy atom. The van der Waals surface area contributed by atoms with Crippen molar-refractivity contribution in [3.05, 3.63) is 48.7 Å². The summed E-state index contributed by atoms with van der Waals surface area (Å²) in [6.45, 7) is 0. The molecule has 1 saturated carbocycles. The van der Waals surface area contributed by atoms with E-state index in [0.29, 0.717) is 5.82 Å². The summed E-state index contributed by atoms with van der Waals surface area (Å²) in [5.74, 6) is 0.815. The SMILES string of the molecule is O=C(Nc1cnccn1)C1CC1c1cccnc1. The van der Waals surface area contributed by atoms with Gasteiger partial charge in [0.15, 0.2) is 5.82 Å². The van der Waals surface area contributed by atoms with Gasteiger partial charge in [-0.3, -0.25) is 14.8 Å². The summed E-state index contributed by atoms with van der Waals surface area (Å²) in [5.41, 5.74) is 1.12. The van der Waals surface area contributed by atoms with E-state index in [1.165, 1.54) is 0 Å². The van der Waals surface area contributed by atoms with E-state index in [-0.39, 0.29) is 17.7 Å². The summed E-state index contributed by atoms with van der Waals surface area (Å²) < 4.78 is 0. The van der Waals surface area contributed by atoms with Crippen molar-refractivity contribution in [2.45, 2.75) is 12.3 Å². The lowest BCUT2D eigenvalue weighted by Gasteiger charge is -2.02. The van der Waals surface area contributed by atoms with E-state index >= 15 is 0 Å². The maximum Gasteiger partial charge on any atom is 0.229 e. The van der Waals surface area contributed by atoms with Gasteiger partial charge in [-0.1, -0.05) is 6.07 Å². The smallest absolute Gasteiger partial charge is 0.229 e. The minimum absolute atomic E-state index is 0.00403. The van der Waals surface area contributed by atoms with Crippen molar-refractivity contribution in [1.82, 2.24) is 15.0 Å². The van der Waals surface area contributed by atoms with Crippen LogP contribution in [-0.4, -0.2) is 20.9 Å². The van der Waals surface area contributed by atoms with Gasteiger partial charge in [-0.15, -0.1) is 0 Å². The van der Waals surface area contributed by atoms with E-state index in [1.54, 1.807) is 24.8 Å². The predicted octanol–water partition coefficient (Wildman–Crippen LogP) is 1.61. The van der Waals surface area contributed by atoms with Gasteiger partial charge >= 0.3 is 0 Å². The second-order valence-corrected chi connectivity index (χ2v) is 4.31. The minimum Gasteiger partial charge on any atom is -0.309 e. The highest BCUT2D eigenvalue weighted by molar-refractivity contribution is 5.94. The van der Waals surface area contributed by atoms with Crippen molar-refractivity contribution in [2.75, 3.05) is 5.32 Å². The van der Waals surface area contributed by atoms with Crippen LogP contribution in [0.3, 0.4) is 0 Å². The minimum atomic E-state index is 0.00403. The maximum atomic E-state index is 12.0. The molecule has 0 spiro atoms. The number of nitrogens with one attached hydrogen (secondary N) is 1. The fourth-order valence-electron chi connectivity index (χ4n) is 2.03. The van der Waals surface area contributed by atoms with Crippen molar-refractivity contribution in [3.63, 3.8) is 0 Å². The van der Waals surface area contributed by atoms with Gasteiger partial charge in [0.25, 0.3) is 0 Å². The summed E-state index contributed by atoms with van der Waals surface area (Å²) in [6, 6.07) is 3.90. The molecule has 18 heavy (non-hydrogen) atoms. The van der Waals surface area contributed by atoms with E-state index in [1.807, 2.05) is 18.3 Å². The fraction of sp³-hybridized carbons (Fsp3) is 0.231. The summed E-state index contributed by atoms with van der Waals surface area (Å²) in [4.78, 5) is 24.0. The monoisotopic (exact) mass is 240 g/mol. The molecule has 5 heteroatoms. The normalized spacial score (nSPS) is 21.3. The third kappa shape index (κ3) is 2.20. The molecule has 2 heterocycles. The van der Waals surface area contributed by atoms with Crippen molar-refractivity contribution in [3.8, 4) is 0 Å². The summed E-state index contributed by atoms with van der Waals surface area (Å²) in [6.07, 6.45) is 9.10. The van der Waals surface area contributed by atoms with Gasteiger partial charge in [0.1, 0.15) is 0 Å². The van der Waals surface area contributed by atoms with Gasteiger partial charge in [-0.2, -0.15) is 0 Å². The molecule has 2 aromatic heterocycles. The fourth-order valence-corrected chi connectivity index (χ4v) is 2.03. The molecule has 5 nitrogen and oxygen atoms in total. The number of rotatable bonds is 3. The number of aromatic nitrogens is 3. The molecule has 0 aromatic carbocycles. The van der Waals surface area contributed by atoms with Crippen LogP contribution in [0.2, 0.25) is 0 Å². The number of hydrogen-bond donors (Lipinski definition) is 1. The number of carbonyl (C=O) groups excluding carboxylic acids is 1. The zero-order chi connectivity index (χ0) is 12.4. The van der Waals surface area contributed by atoms with Gasteiger partial charge in [0.05, 0.1) is 6.20 Å². The molecule has 2 unspecified atom stereocenters. The molecule has 1 aliphatic rings. The Morgan fingerprint density at radius 2 is 2.11 bits per heavy atom. The molecule has 1 aliphatic carbocycles. The Hall–Kier alpha value is -2.30. The second kappa shape index (κ2) is 4.52. The van der Waals surface area contributed by atoms with E-state index in [2.05, 4.69) is 20.3 Å². The standard InChI is InChI=1S/C13H12N4O/c18-13(17-12-8-15-4-5-16-12)11-6-10(11)9-2-1-3-14-7-9/h1-5,7-8,10-11H,6H2,(H,16,17,18). The van der Waals surface area contributed by atoms with Gasteiger partial charge in [-0.25, -0.2) is 4.98 Å². The van der Waals surface area contributed by atoms with Crippen LogP contribution in [0.25, 0.3) is 0 Å². The summed E-state index contributed by atoms with van der Waals surface area (Å²) in [5, 5.41) is 2.77. The molecular formula is C13H12N4O. The van der Waals surface area contributed by atoms with E-state index in [9.17, 15) is 4.79 Å². The Morgan fingerprint density at radius 1 is 1.22 bits per heavy atom. The number of pyridine rings is 1. The maximum absolute atomic E-state index is 12.0. The average Bonchev–Trinajstić information content (AvgIpc) is 3.21. The Bertz CT molecular complexity index is 543. The molecule has 0 bridgehead atoms. The zero-order valence-electron chi connectivity index (χ0n) is 9.65. The van der Waals surface area contributed by atoms with Gasteiger partial charge in [0.2, 0.25) is 5.91 Å². The van der Waals surface area contributed by atoms with Crippen LogP contribution in [0.15, 0.2) is 43.1 Å². The van der Waals surface area contributed by atoms with E-state index in [0.717, 1.165) is 12.0 Å². The first kappa shape index (κ1) is 10.8. The number of carbonyl (C=O) groups is 1. The highest BCUT2D eigenvalue weighted by Gasteiger charge is 2.44. The second-order valence-electron chi connectivity index (χ2n) is 4.31. The molecule has 1 amide bonds. The summed E-state index contributed by atoms with van der Waals surface area (Å²) >= 11 is 0. The highest BCUT2D eigenvalue weighted by atomic mass is 16.2. The molecule has 90 valence electrons. The molecule has 0 radical (unpaired) electrons. The quantitative estimate of drug-likeness (QED) is 0.885. The van der Waals surface area contributed by atoms with Crippen molar-refractivity contribution >= 4 is 11.7 Å². The van der Waals surface area contributed by atoms with E-state index < -0.39 is 0 Å². The Kier molecular flexibility index (Phi) is 2.72. The Labute approximate surface area is 104 Å². The first-order valence-corrected chi connectivity index (χ1v) is 5.81. The van der Waals surface area contributed by atoms with Crippen LogP contribution < -0.4 is 5.32 Å². The Balaban J connectivity index is 1.63. The van der Waals surface area contributed by atoms with Crippen LogP contribution >= 0.6 is 0 Å². The number of amides is 1.